The molecular weight excluding hydrogens is 332 g/mol. The molecule has 0 bridgehead atoms. The maximum Gasteiger partial charge on any atom is 0.182 e. The number of aliphatic hydroxyl groups is 1. The minimum Gasteiger partial charge on any atom is -0.366 e. The van der Waals surface area contributed by atoms with Crippen molar-refractivity contribution in [3.8, 4) is 0 Å². The molecule has 0 radical (unpaired) electrons. The Morgan fingerprint density at radius 3 is 1.81 bits per heavy atom. The van der Waals surface area contributed by atoms with E-state index in [4.69, 9.17) is 4.74 Å². The van der Waals surface area contributed by atoms with Crippen LogP contribution in [-0.4, -0.2) is 17.5 Å². The molecule has 3 unspecified atom stereocenters. The normalized spacial score (nSPS) is 23.3. The summed E-state index contributed by atoms with van der Waals surface area (Å²) in [4.78, 5) is 0. The van der Waals surface area contributed by atoms with Gasteiger partial charge in [0.25, 0.3) is 0 Å². The quantitative estimate of drug-likeness (QED) is 0.246. The summed E-state index contributed by atoms with van der Waals surface area (Å²) >= 11 is 0. The van der Waals surface area contributed by atoms with Gasteiger partial charge in [0, 0.05) is 0 Å². The SMILES string of the molecule is CCCCCCC(C)(CCC(C)(C)CCC)C(C)(C)CC(C)(C)C1OC1O. The first-order valence-corrected chi connectivity index (χ1v) is 11.6. The fraction of sp³-hybridized carbons (Fsp3) is 1.00. The van der Waals surface area contributed by atoms with Crippen LogP contribution in [0.25, 0.3) is 0 Å². The Bertz CT molecular complexity index is 438. The highest BCUT2D eigenvalue weighted by Gasteiger charge is 2.53. The maximum absolute atomic E-state index is 9.81. The van der Waals surface area contributed by atoms with E-state index < -0.39 is 6.29 Å². The van der Waals surface area contributed by atoms with Crippen LogP contribution in [0.4, 0.5) is 0 Å². The second kappa shape index (κ2) is 9.61. The number of aliphatic hydroxyl groups excluding tert-OH is 1. The van der Waals surface area contributed by atoms with Crippen molar-refractivity contribution in [3.05, 3.63) is 0 Å². The number of ether oxygens (including phenoxy) is 1. The van der Waals surface area contributed by atoms with E-state index in [1.807, 2.05) is 0 Å². The van der Waals surface area contributed by atoms with Gasteiger partial charge >= 0.3 is 0 Å². The summed E-state index contributed by atoms with van der Waals surface area (Å²) in [5.74, 6) is 0. The minimum absolute atomic E-state index is 0.0117. The molecule has 0 aliphatic carbocycles. The van der Waals surface area contributed by atoms with Crippen LogP contribution in [0.3, 0.4) is 0 Å². The average molecular weight is 383 g/mol. The van der Waals surface area contributed by atoms with Gasteiger partial charge in [-0.1, -0.05) is 94.4 Å². The van der Waals surface area contributed by atoms with E-state index in [0.29, 0.717) is 10.8 Å². The molecule has 27 heavy (non-hydrogen) atoms. The van der Waals surface area contributed by atoms with E-state index >= 15 is 0 Å². The van der Waals surface area contributed by atoms with Crippen molar-refractivity contribution in [1.82, 2.24) is 0 Å². The van der Waals surface area contributed by atoms with Gasteiger partial charge in [-0.15, -0.1) is 0 Å². The monoisotopic (exact) mass is 382 g/mol. The standard InChI is InChI=1S/C25H50O2/c1-10-12-13-14-16-25(9,18-17-22(3,4)15-11-2)24(7,8)19-23(5,6)20-21(26)27-20/h20-21,26H,10-19H2,1-9H3. The minimum atomic E-state index is -0.546. The predicted molar refractivity (Wildman–Crippen MR) is 118 cm³/mol. The Kier molecular flexibility index (Phi) is 8.89. The Morgan fingerprint density at radius 1 is 0.741 bits per heavy atom. The molecule has 1 aliphatic heterocycles. The zero-order chi connectivity index (χ0) is 20.9. The first kappa shape index (κ1) is 25.0. The van der Waals surface area contributed by atoms with Crippen LogP contribution in [0.15, 0.2) is 0 Å². The van der Waals surface area contributed by atoms with E-state index in [1.165, 1.54) is 57.8 Å². The predicted octanol–water partition coefficient (Wildman–Crippen LogP) is 7.73. The topological polar surface area (TPSA) is 32.8 Å². The molecule has 1 rings (SSSR count). The lowest BCUT2D eigenvalue weighted by Gasteiger charge is -2.49. The highest BCUT2D eigenvalue weighted by Crippen LogP contribution is 2.55. The Morgan fingerprint density at radius 2 is 1.33 bits per heavy atom. The van der Waals surface area contributed by atoms with Crippen LogP contribution in [-0.2, 0) is 4.74 Å². The molecule has 1 heterocycles. The summed E-state index contributed by atoms with van der Waals surface area (Å²) in [5.41, 5.74) is 0.993. The second-order valence-corrected chi connectivity index (χ2v) is 11.8. The summed E-state index contributed by atoms with van der Waals surface area (Å²) in [6.45, 7) is 21.5. The molecule has 0 aromatic carbocycles. The van der Waals surface area contributed by atoms with Crippen molar-refractivity contribution in [2.75, 3.05) is 0 Å². The lowest BCUT2D eigenvalue weighted by atomic mass is 9.55. The average Bonchev–Trinajstić information content (AvgIpc) is 3.27. The van der Waals surface area contributed by atoms with Crippen LogP contribution in [0.5, 0.6) is 0 Å². The van der Waals surface area contributed by atoms with E-state index in [-0.39, 0.29) is 16.9 Å². The molecule has 0 saturated carbocycles. The summed E-state index contributed by atoms with van der Waals surface area (Å²) in [5, 5.41) is 9.81. The van der Waals surface area contributed by atoms with Crippen LogP contribution < -0.4 is 0 Å². The van der Waals surface area contributed by atoms with Crippen LogP contribution in [0.1, 0.15) is 127 Å². The Balaban J connectivity index is 2.89. The summed E-state index contributed by atoms with van der Waals surface area (Å²) in [6, 6.07) is 0. The van der Waals surface area contributed by atoms with Crippen LogP contribution in [0, 0.1) is 21.7 Å². The van der Waals surface area contributed by atoms with Gasteiger partial charge in [0.15, 0.2) is 6.29 Å². The molecule has 162 valence electrons. The van der Waals surface area contributed by atoms with Crippen molar-refractivity contribution in [3.63, 3.8) is 0 Å². The fourth-order valence-electron chi connectivity index (χ4n) is 5.29. The van der Waals surface area contributed by atoms with Crippen molar-refractivity contribution in [1.29, 1.82) is 0 Å². The van der Waals surface area contributed by atoms with Gasteiger partial charge in [0.05, 0.1) is 0 Å². The number of hydrogen-bond acceptors (Lipinski definition) is 2. The van der Waals surface area contributed by atoms with Gasteiger partial charge in [-0.05, 0) is 53.8 Å². The third-order valence-electron chi connectivity index (χ3n) is 7.63. The molecule has 0 amide bonds. The van der Waals surface area contributed by atoms with Crippen molar-refractivity contribution < 1.29 is 9.84 Å². The molecule has 1 N–H and O–H groups in total. The number of rotatable bonds is 14. The Hall–Kier alpha value is -0.0800. The molecule has 2 heteroatoms. The molecular formula is C25H50O2. The lowest BCUT2D eigenvalue weighted by Crippen LogP contribution is -2.41. The maximum atomic E-state index is 9.81. The number of unbranched alkanes of at least 4 members (excludes halogenated alkanes) is 3. The highest BCUT2D eigenvalue weighted by molar-refractivity contribution is 4.99. The van der Waals surface area contributed by atoms with Gasteiger partial charge in [-0.25, -0.2) is 0 Å². The molecule has 1 saturated heterocycles. The van der Waals surface area contributed by atoms with E-state index in [2.05, 4.69) is 62.3 Å². The van der Waals surface area contributed by atoms with Gasteiger partial charge in [-0.3, -0.25) is 0 Å². The summed E-state index contributed by atoms with van der Waals surface area (Å²) in [6.07, 6.45) is 12.4. The third-order valence-corrected chi connectivity index (χ3v) is 7.63. The molecule has 3 atom stereocenters. The summed E-state index contributed by atoms with van der Waals surface area (Å²) in [7, 11) is 0. The van der Waals surface area contributed by atoms with E-state index in [9.17, 15) is 5.11 Å². The smallest absolute Gasteiger partial charge is 0.182 e. The fourth-order valence-corrected chi connectivity index (χ4v) is 5.29. The van der Waals surface area contributed by atoms with Gasteiger partial charge in [0.2, 0.25) is 0 Å². The number of hydrogen-bond donors (Lipinski definition) is 1. The van der Waals surface area contributed by atoms with Crippen LogP contribution in [0.2, 0.25) is 0 Å². The van der Waals surface area contributed by atoms with Gasteiger partial charge in [0.1, 0.15) is 6.10 Å². The van der Waals surface area contributed by atoms with Gasteiger partial charge in [-0.2, -0.15) is 0 Å². The van der Waals surface area contributed by atoms with Gasteiger partial charge < -0.3 is 9.84 Å². The van der Waals surface area contributed by atoms with Crippen molar-refractivity contribution >= 4 is 0 Å². The van der Waals surface area contributed by atoms with Crippen molar-refractivity contribution in [2.24, 2.45) is 21.7 Å². The second-order valence-electron chi connectivity index (χ2n) is 11.8. The lowest BCUT2D eigenvalue weighted by molar-refractivity contribution is 0.00245. The van der Waals surface area contributed by atoms with Crippen molar-refractivity contribution in [2.45, 2.75) is 139 Å². The first-order chi connectivity index (χ1) is 12.3. The van der Waals surface area contributed by atoms with E-state index in [0.717, 1.165) is 6.42 Å². The molecule has 1 fully saturated rings. The number of epoxide rings is 1. The van der Waals surface area contributed by atoms with Crippen LogP contribution >= 0.6 is 0 Å². The molecule has 0 aromatic rings. The largest absolute Gasteiger partial charge is 0.366 e. The third kappa shape index (κ3) is 7.35. The zero-order valence-corrected chi connectivity index (χ0v) is 20.1. The molecule has 0 aromatic heterocycles. The molecule has 2 nitrogen and oxygen atoms in total. The first-order valence-electron chi connectivity index (χ1n) is 11.6. The zero-order valence-electron chi connectivity index (χ0n) is 20.1. The molecule has 0 spiro atoms. The molecule has 1 aliphatic rings. The van der Waals surface area contributed by atoms with E-state index in [1.54, 1.807) is 0 Å². The highest BCUT2D eigenvalue weighted by atomic mass is 16.7. The Labute approximate surface area is 170 Å². The summed E-state index contributed by atoms with van der Waals surface area (Å²) < 4.78 is 5.45.